The average Bonchev–Trinajstić information content (AvgIpc) is 2.77. The van der Waals surface area contributed by atoms with Crippen LogP contribution in [0.25, 0.3) is 0 Å². The van der Waals surface area contributed by atoms with Crippen molar-refractivity contribution in [1.82, 2.24) is 10.2 Å². The highest BCUT2D eigenvalue weighted by molar-refractivity contribution is 4.76. The first-order chi connectivity index (χ1) is 7.38. The number of likely N-dealkylation sites (N-methyl/N-ethyl adjacent to an activating group) is 1. The topological polar surface area (TPSA) is 24.5 Å². The number of ether oxygens (including phenoxy) is 1. The molecule has 1 N–H and O–H groups in total. The predicted molar refractivity (Wildman–Crippen MR) is 64.2 cm³/mol. The maximum atomic E-state index is 5.00. The van der Waals surface area contributed by atoms with Gasteiger partial charge in [-0.2, -0.15) is 0 Å². The third kappa shape index (κ3) is 4.96. The Hall–Kier alpha value is -0.120. The van der Waals surface area contributed by atoms with E-state index in [9.17, 15) is 0 Å². The quantitative estimate of drug-likeness (QED) is 0.620. The summed E-state index contributed by atoms with van der Waals surface area (Å²) in [4.78, 5) is 2.62. The molecule has 1 fully saturated rings. The molecule has 1 saturated carbocycles. The first-order valence-corrected chi connectivity index (χ1v) is 6.32. The lowest BCUT2D eigenvalue weighted by atomic mass is 10.2. The number of hydrogen-bond acceptors (Lipinski definition) is 3. The van der Waals surface area contributed by atoms with Crippen molar-refractivity contribution in [3.63, 3.8) is 0 Å². The normalized spacial score (nSPS) is 17.8. The molecule has 90 valence electrons. The van der Waals surface area contributed by atoms with E-state index in [1.54, 1.807) is 7.11 Å². The van der Waals surface area contributed by atoms with Crippen LogP contribution in [0.1, 0.15) is 32.6 Å². The SMILES string of the molecule is CCN(CCNCCOC)C1CCCC1. The molecule has 1 aliphatic carbocycles. The molecule has 0 saturated heterocycles. The Morgan fingerprint density at radius 3 is 2.60 bits per heavy atom. The Morgan fingerprint density at radius 1 is 1.27 bits per heavy atom. The zero-order chi connectivity index (χ0) is 10.9. The van der Waals surface area contributed by atoms with Crippen molar-refractivity contribution >= 4 is 0 Å². The van der Waals surface area contributed by atoms with E-state index in [0.29, 0.717) is 0 Å². The standard InChI is InChI=1S/C12H26N2O/c1-3-14(12-6-4-5-7-12)10-8-13-9-11-15-2/h12-13H,3-11H2,1-2H3. The first-order valence-electron chi connectivity index (χ1n) is 6.32. The van der Waals surface area contributed by atoms with Gasteiger partial charge in [0.1, 0.15) is 0 Å². The van der Waals surface area contributed by atoms with E-state index in [4.69, 9.17) is 4.74 Å². The van der Waals surface area contributed by atoms with Crippen LogP contribution in [0, 0.1) is 0 Å². The summed E-state index contributed by atoms with van der Waals surface area (Å²) in [5.74, 6) is 0. The van der Waals surface area contributed by atoms with Gasteiger partial charge in [0.15, 0.2) is 0 Å². The molecule has 0 aromatic rings. The molecule has 1 rings (SSSR count). The van der Waals surface area contributed by atoms with Gasteiger partial charge in [-0.15, -0.1) is 0 Å². The summed E-state index contributed by atoms with van der Waals surface area (Å²) in [6, 6.07) is 0.860. The largest absolute Gasteiger partial charge is 0.383 e. The summed E-state index contributed by atoms with van der Waals surface area (Å²) in [6.45, 7) is 7.52. The Balaban J connectivity index is 2.05. The Bertz CT molecular complexity index is 147. The zero-order valence-electron chi connectivity index (χ0n) is 10.3. The molecule has 15 heavy (non-hydrogen) atoms. The summed E-state index contributed by atoms with van der Waals surface area (Å²) in [7, 11) is 1.75. The third-order valence-electron chi connectivity index (χ3n) is 3.31. The van der Waals surface area contributed by atoms with Crippen LogP contribution >= 0.6 is 0 Å². The highest BCUT2D eigenvalue weighted by Gasteiger charge is 2.20. The van der Waals surface area contributed by atoms with Gasteiger partial charge in [0.05, 0.1) is 6.61 Å². The molecule has 0 atom stereocenters. The van der Waals surface area contributed by atoms with E-state index in [2.05, 4.69) is 17.1 Å². The average molecular weight is 214 g/mol. The van der Waals surface area contributed by atoms with Crippen LogP contribution < -0.4 is 5.32 Å². The van der Waals surface area contributed by atoms with Crippen molar-refractivity contribution in [3.8, 4) is 0 Å². The predicted octanol–water partition coefficient (Wildman–Crippen LogP) is 1.49. The van der Waals surface area contributed by atoms with Gasteiger partial charge < -0.3 is 10.1 Å². The number of nitrogens with zero attached hydrogens (tertiary/aromatic N) is 1. The van der Waals surface area contributed by atoms with Crippen LogP contribution in [0.15, 0.2) is 0 Å². The lowest BCUT2D eigenvalue weighted by Crippen LogP contribution is -2.38. The van der Waals surface area contributed by atoms with Gasteiger partial charge in [-0.05, 0) is 19.4 Å². The monoisotopic (exact) mass is 214 g/mol. The van der Waals surface area contributed by atoms with Crippen LogP contribution in [-0.4, -0.2) is 50.8 Å². The fourth-order valence-electron chi connectivity index (χ4n) is 2.39. The maximum absolute atomic E-state index is 5.00. The lowest BCUT2D eigenvalue weighted by molar-refractivity contribution is 0.188. The van der Waals surface area contributed by atoms with Crippen molar-refractivity contribution in [2.75, 3.05) is 39.9 Å². The van der Waals surface area contributed by atoms with E-state index in [0.717, 1.165) is 25.7 Å². The molecular weight excluding hydrogens is 188 g/mol. The number of nitrogens with one attached hydrogen (secondary N) is 1. The summed E-state index contributed by atoms with van der Waals surface area (Å²) in [6.07, 6.45) is 5.67. The van der Waals surface area contributed by atoms with Crippen molar-refractivity contribution in [2.24, 2.45) is 0 Å². The summed E-state index contributed by atoms with van der Waals surface area (Å²) >= 11 is 0. The molecule has 0 amide bonds. The molecule has 0 aliphatic heterocycles. The number of rotatable bonds is 8. The van der Waals surface area contributed by atoms with Crippen LogP contribution in [0.4, 0.5) is 0 Å². The molecular formula is C12H26N2O. The van der Waals surface area contributed by atoms with Gasteiger partial charge in [0.25, 0.3) is 0 Å². The van der Waals surface area contributed by atoms with Crippen molar-refractivity contribution in [3.05, 3.63) is 0 Å². The highest BCUT2D eigenvalue weighted by Crippen LogP contribution is 2.22. The second-order valence-corrected chi connectivity index (χ2v) is 4.31. The van der Waals surface area contributed by atoms with Crippen molar-refractivity contribution in [2.45, 2.75) is 38.6 Å². The second-order valence-electron chi connectivity index (χ2n) is 4.31. The van der Waals surface area contributed by atoms with Gasteiger partial charge in [0, 0.05) is 32.8 Å². The zero-order valence-corrected chi connectivity index (χ0v) is 10.3. The number of hydrogen-bond donors (Lipinski definition) is 1. The minimum atomic E-state index is 0.815. The van der Waals surface area contributed by atoms with Gasteiger partial charge in [-0.3, -0.25) is 4.90 Å². The lowest BCUT2D eigenvalue weighted by Gasteiger charge is -2.27. The van der Waals surface area contributed by atoms with Crippen molar-refractivity contribution < 1.29 is 4.74 Å². The Kier molecular flexibility index (Phi) is 6.98. The molecule has 0 heterocycles. The van der Waals surface area contributed by atoms with Gasteiger partial charge >= 0.3 is 0 Å². The molecule has 1 aliphatic rings. The fourth-order valence-corrected chi connectivity index (χ4v) is 2.39. The smallest absolute Gasteiger partial charge is 0.0587 e. The molecule has 0 radical (unpaired) electrons. The molecule has 0 unspecified atom stereocenters. The van der Waals surface area contributed by atoms with Crippen LogP contribution in [0.3, 0.4) is 0 Å². The minimum Gasteiger partial charge on any atom is -0.383 e. The third-order valence-corrected chi connectivity index (χ3v) is 3.31. The van der Waals surface area contributed by atoms with E-state index >= 15 is 0 Å². The molecule has 3 heteroatoms. The van der Waals surface area contributed by atoms with Gasteiger partial charge in [-0.1, -0.05) is 19.8 Å². The van der Waals surface area contributed by atoms with Gasteiger partial charge in [-0.25, -0.2) is 0 Å². The van der Waals surface area contributed by atoms with E-state index in [1.165, 1.54) is 38.8 Å². The fraction of sp³-hybridized carbons (Fsp3) is 1.00. The molecule has 3 nitrogen and oxygen atoms in total. The maximum Gasteiger partial charge on any atom is 0.0587 e. The summed E-state index contributed by atoms with van der Waals surface area (Å²) < 4.78 is 5.00. The molecule has 0 aromatic heterocycles. The molecule has 0 spiro atoms. The number of methoxy groups -OCH3 is 1. The summed E-state index contributed by atoms with van der Waals surface area (Å²) in [5.41, 5.74) is 0. The van der Waals surface area contributed by atoms with E-state index < -0.39 is 0 Å². The van der Waals surface area contributed by atoms with E-state index in [1.807, 2.05) is 0 Å². The Labute approximate surface area is 94.2 Å². The summed E-state index contributed by atoms with van der Waals surface area (Å²) in [5, 5.41) is 3.41. The molecule has 0 bridgehead atoms. The minimum absolute atomic E-state index is 0.815. The second kappa shape index (κ2) is 8.08. The Morgan fingerprint density at radius 2 is 2.00 bits per heavy atom. The highest BCUT2D eigenvalue weighted by atomic mass is 16.5. The van der Waals surface area contributed by atoms with Crippen LogP contribution in [0.2, 0.25) is 0 Å². The first kappa shape index (κ1) is 12.9. The van der Waals surface area contributed by atoms with Crippen LogP contribution in [0.5, 0.6) is 0 Å². The van der Waals surface area contributed by atoms with Crippen molar-refractivity contribution in [1.29, 1.82) is 0 Å². The molecule has 0 aromatic carbocycles. The van der Waals surface area contributed by atoms with Crippen LogP contribution in [-0.2, 0) is 4.74 Å². The van der Waals surface area contributed by atoms with Gasteiger partial charge in [0.2, 0.25) is 0 Å². The van der Waals surface area contributed by atoms with E-state index in [-0.39, 0.29) is 0 Å².